The second kappa shape index (κ2) is 5.19. The minimum Gasteiger partial charge on any atom is -0.478 e. The normalized spacial score (nSPS) is 10.7. The number of carboxylic acid groups (broad SMARTS) is 1. The van der Waals surface area contributed by atoms with Crippen molar-refractivity contribution >= 4 is 29.2 Å². The van der Waals surface area contributed by atoms with Gasteiger partial charge in [-0.25, -0.2) is 13.9 Å². The molecule has 0 aliphatic carbocycles. The van der Waals surface area contributed by atoms with Crippen molar-refractivity contribution in [1.29, 1.82) is 0 Å². The molecule has 7 heteroatoms. The maximum Gasteiger partial charge on any atom is 0.340 e. The summed E-state index contributed by atoms with van der Waals surface area (Å²) in [5.41, 5.74) is 0.709. The van der Waals surface area contributed by atoms with Gasteiger partial charge >= 0.3 is 5.97 Å². The lowest BCUT2D eigenvalue weighted by atomic mass is 10.2. The summed E-state index contributed by atoms with van der Waals surface area (Å²) in [5.74, 6) is -1.72. The van der Waals surface area contributed by atoms with Gasteiger partial charge in [0.05, 0.1) is 16.4 Å². The predicted octanol–water partition coefficient (Wildman–Crippen LogP) is 3.58. The Labute approximate surface area is 118 Å². The summed E-state index contributed by atoms with van der Waals surface area (Å²) in [5, 5.41) is 13.1. The molecule has 0 unspecified atom stereocenters. The van der Waals surface area contributed by atoms with Crippen LogP contribution in [0.15, 0.2) is 18.2 Å². The number of carboxylic acids is 1. The zero-order valence-corrected chi connectivity index (χ0v) is 11.3. The average Bonchev–Trinajstić information content (AvgIpc) is 2.70. The molecule has 0 aliphatic heterocycles. The van der Waals surface area contributed by atoms with Crippen LogP contribution in [0.4, 0.5) is 4.39 Å². The number of carbonyl (C=O) groups is 1. The monoisotopic (exact) mass is 302 g/mol. The van der Waals surface area contributed by atoms with Gasteiger partial charge in [0.2, 0.25) is 0 Å². The molecule has 0 radical (unpaired) electrons. The molecule has 1 aromatic heterocycles. The first-order valence-corrected chi connectivity index (χ1v) is 6.17. The van der Waals surface area contributed by atoms with Crippen molar-refractivity contribution in [2.75, 3.05) is 0 Å². The van der Waals surface area contributed by atoms with Crippen molar-refractivity contribution in [2.45, 2.75) is 13.3 Å². The van der Waals surface area contributed by atoms with Crippen LogP contribution in [0.3, 0.4) is 0 Å². The van der Waals surface area contributed by atoms with E-state index in [0.717, 1.165) is 0 Å². The first-order valence-electron chi connectivity index (χ1n) is 5.41. The molecule has 19 heavy (non-hydrogen) atoms. The van der Waals surface area contributed by atoms with E-state index in [9.17, 15) is 9.18 Å². The number of rotatable bonds is 3. The number of halogens is 3. The fraction of sp³-hybridized carbons (Fsp3) is 0.167. The summed E-state index contributed by atoms with van der Waals surface area (Å²) in [6, 6.07) is 3.92. The fourth-order valence-corrected chi connectivity index (χ4v) is 2.19. The highest BCUT2D eigenvalue weighted by Crippen LogP contribution is 2.26. The summed E-state index contributed by atoms with van der Waals surface area (Å²) >= 11 is 11.7. The van der Waals surface area contributed by atoms with E-state index in [2.05, 4.69) is 5.10 Å². The molecule has 0 aliphatic rings. The first kappa shape index (κ1) is 13.8. The van der Waals surface area contributed by atoms with Crippen molar-refractivity contribution in [3.05, 3.63) is 45.4 Å². The second-order valence-electron chi connectivity index (χ2n) is 3.78. The number of nitrogens with zero attached hydrogens (tertiary/aromatic N) is 2. The Hall–Kier alpha value is -1.59. The van der Waals surface area contributed by atoms with Crippen LogP contribution >= 0.6 is 23.2 Å². The summed E-state index contributed by atoms with van der Waals surface area (Å²) in [4.78, 5) is 11.1. The maximum atomic E-state index is 13.1. The third-order valence-corrected chi connectivity index (χ3v) is 3.24. The Morgan fingerprint density at radius 2 is 2.16 bits per heavy atom. The van der Waals surface area contributed by atoms with Crippen LogP contribution < -0.4 is 0 Å². The van der Waals surface area contributed by atoms with Gasteiger partial charge in [0, 0.05) is 0 Å². The highest BCUT2D eigenvalue weighted by atomic mass is 35.5. The third kappa shape index (κ3) is 2.43. The van der Waals surface area contributed by atoms with Crippen LogP contribution in [-0.2, 0) is 6.42 Å². The predicted molar refractivity (Wildman–Crippen MR) is 69.9 cm³/mol. The van der Waals surface area contributed by atoms with Crippen LogP contribution in [0.5, 0.6) is 0 Å². The van der Waals surface area contributed by atoms with Crippen molar-refractivity contribution in [3.8, 4) is 5.69 Å². The Bertz CT molecular complexity index is 655. The molecule has 1 N–H and O–H groups in total. The van der Waals surface area contributed by atoms with Gasteiger partial charge in [-0.1, -0.05) is 30.1 Å². The maximum absolute atomic E-state index is 13.1. The SMILES string of the molecule is CCc1nn(-c2ccc(F)c(Cl)c2)c(Cl)c1C(=O)O. The summed E-state index contributed by atoms with van der Waals surface area (Å²) in [7, 11) is 0. The standard InChI is InChI=1S/C12H9Cl2FN2O2/c1-2-9-10(12(18)19)11(14)17(16-9)6-3-4-8(15)7(13)5-6/h3-5H,2H2,1H3,(H,18,19). The largest absolute Gasteiger partial charge is 0.478 e. The molecule has 0 saturated heterocycles. The smallest absolute Gasteiger partial charge is 0.340 e. The molecule has 2 aromatic rings. The van der Waals surface area contributed by atoms with Crippen molar-refractivity contribution in [2.24, 2.45) is 0 Å². The molecule has 4 nitrogen and oxygen atoms in total. The lowest BCUT2D eigenvalue weighted by Gasteiger charge is -2.04. The number of aromatic carboxylic acids is 1. The number of hydrogen-bond acceptors (Lipinski definition) is 2. The van der Waals surface area contributed by atoms with E-state index in [1.54, 1.807) is 6.92 Å². The molecule has 0 amide bonds. The number of hydrogen-bond donors (Lipinski definition) is 1. The number of aromatic nitrogens is 2. The Kier molecular flexibility index (Phi) is 3.78. The van der Waals surface area contributed by atoms with Crippen LogP contribution in [0.25, 0.3) is 5.69 Å². The minimum atomic E-state index is -1.15. The molecule has 0 atom stereocenters. The van der Waals surface area contributed by atoms with E-state index < -0.39 is 11.8 Å². The van der Waals surface area contributed by atoms with E-state index in [4.69, 9.17) is 28.3 Å². The molecule has 1 heterocycles. The fourth-order valence-electron chi connectivity index (χ4n) is 1.69. The minimum absolute atomic E-state index is 0.0352. The van der Waals surface area contributed by atoms with Gasteiger partial charge in [-0.2, -0.15) is 5.10 Å². The Balaban J connectivity index is 2.62. The summed E-state index contributed by atoms with van der Waals surface area (Å²) in [6.07, 6.45) is 0.420. The van der Waals surface area contributed by atoms with Crippen molar-refractivity contribution in [3.63, 3.8) is 0 Å². The zero-order chi connectivity index (χ0) is 14.2. The summed E-state index contributed by atoms with van der Waals surface area (Å²) < 4.78 is 14.3. The van der Waals surface area contributed by atoms with Crippen molar-refractivity contribution in [1.82, 2.24) is 9.78 Å². The van der Waals surface area contributed by atoms with Crippen molar-refractivity contribution < 1.29 is 14.3 Å². The Morgan fingerprint density at radius 1 is 1.47 bits per heavy atom. The van der Waals surface area contributed by atoms with E-state index >= 15 is 0 Å². The highest BCUT2D eigenvalue weighted by Gasteiger charge is 2.22. The van der Waals surface area contributed by atoms with E-state index in [1.807, 2.05) is 0 Å². The molecule has 100 valence electrons. The lowest BCUT2D eigenvalue weighted by molar-refractivity contribution is 0.0696. The topological polar surface area (TPSA) is 55.1 Å². The molecular formula is C12H9Cl2FN2O2. The Morgan fingerprint density at radius 3 is 2.63 bits per heavy atom. The average molecular weight is 303 g/mol. The van der Waals surface area contributed by atoms with Crippen LogP contribution in [0.2, 0.25) is 10.2 Å². The van der Waals surface area contributed by atoms with E-state index in [0.29, 0.717) is 17.8 Å². The molecule has 0 saturated carbocycles. The van der Waals surface area contributed by atoms with E-state index in [1.165, 1.54) is 22.9 Å². The zero-order valence-electron chi connectivity index (χ0n) is 9.82. The lowest BCUT2D eigenvalue weighted by Crippen LogP contribution is -2.00. The van der Waals surface area contributed by atoms with Gasteiger partial charge in [0.1, 0.15) is 16.5 Å². The molecule has 1 aromatic carbocycles. The van der Waals surface area contributed by atoms with Gasteiger partial charge in [-0.05, 0) is 24.6 Å². The number of benzene rings is 1. The first-order chi connectivity index (χ1) is 8.95. The molecular weight excluding hydrogens is 294 g/mol. The molecule has 0 fully saturated rings. The number of aryl methyl sites for hydroxylation is 1. The third-order valence-electron chi connectivity index (χ3n) is 2.60. The molecule has 2 rings (SSSR count). The molecule has 0 spiro atoms. The van der Waals surface area contributed by atoms with Gasteiger partial charge < -0.3 is 5.11 Å². The van der Waals surface area contributed by atoms with Crippen LogP contribution in [-0.4, -0.2) is 20.9 Å². The van der Waals surface area contributed by atoms with Gasteiger partial charge in [-0.15, -0.1) is 0 Å². The van der Waals surface area contributed by atoms with Gasteiger partial charge in [0.15, 0.2) is 0 Å². The van der Waals surface area contributed by atoms with E-state index in [-0.39, 0.29) is 15.7 Å². The summed E-state index contributed by atoms with van der Waals surface area (Å²) in [6.45, 7) is 1.77. The van der Waals surface area contributed by atoms with Gasteiger partial charge in [-0.3, -0.25) is 0 Å². The second-order valence-corrected chi connectivity index (χ2v) is 4.55. The quantitative estimate of drug-likeness (QED) is 0.943. The highest BCUT2D eigenvalue weighted by molar-refractivity contribution is 6.33. The molecule has 0 bridgehead atoms. The van der Waals surface area contributed by atoms with Gasteiger partial charge in [0.25, 0.3) is 0 Å². The van der Waals surface area contributed by atoms with Crippen LogP contribution in [0.1, 0.15) is 23.0 Å². The van der Waals surface area contributed by atoms with Crippen LogP contribution in [0, 0.1) is 5.82 Å².